The summed E-state index contributed by atoms with van der Waals surface area (Å²) in [6.45, 7) is 0. The van der Waals surface area contributed by atoms with Crippen LogP contribution in [0.25, 0.3) is 0 Å². The van der Waals surface area contributed by atoms with E-state index in [1.165, 1.54) is 0 Å². The van der Waals surface area contributed by atoms with Crippen LogP contribution in [-0.2, 0) is 0 Å². The number of hydrogen-bond donors (Lipinski definition) is 1. The lowest BCUT2D eigenvalue weighted by molar-refractivity contribution is 0.0697. The molecule has 19 heavy (non-hydrogen) atoms. The van der Waals surface area contributed by atoms with E-state index in [4.69, 9.17) is 9.84 Å². The van der Waals surface area contributed by atoms with E-state index in [-0.39, 0.29) is 5.56 Å². The van der Waals surface area contributed by atoms with Gasteiger partial charge in [-0.1, -0.05) is 18.2 Å². The van der Waals surface area contributed by atoms with Crippen molar-refractivity contribution in [2.45, 2.75) is 0 Å². The highest BCUT2D eigenvalue weighted by atomic mass is 16.5. The van der Waals surface area contributed by atoms with Gasteiger partial charge in [0.15, 0.2) is 0 Å². The predicted octanol–water partition coefficient (Wildman–Crippen LogP) is 3.16. The van der Waals surface area contributed by atoms with Crippen molar-refractivity contribution >= 4 is 17.3 Å². The lowest BCUT2D eigenvalue weighted by atomic mass is 10.1. The van der Waals surface area contributed by atoms with Gasteiger partial charge in [0, 0.05) is 12.7 Å². The number of carbonyl (C=O) groups is 1. The average Bonchev–Trinajstić information content (AvgIpc) is 2.46. The molecule has 0 unspecified atom stereocenters. The average molecular weight is 257 g/mol. The third-order valence-electron chi connectivity index (χ3n) is 2.93. The van der Waals surface area contributed by atoms with Gasteiger partial charge in [0.05, 0.1) is 18.4 Å². The number of carboxylic acid groups (broad SMARTS) is 1. The molecule has 0 aliphatic rings. The molecule has 0 bridgehead atoms. The molecule has 0 aliphatic carbocycles. The summed E-state index contributed by atoms with van der Waals surface area (Å²) in [4.78, 5) is 12.9. The number of para-hydroxylation sites is 2. The van der Waals surface area contributed by atoms with E-state index in [1.807, 2.05) is 42.3 Å². The Bertz CT molecular complexity index is 595. The van der Waals surface area contributed by atoms with E-state index in [2.05, 4.69) is 0 Å². The molecule has 2 aromatic carbocycles. The van der Waals surface area contributed by atoms with Gasteiger partial charge in [-0.25, -0.2) is 4.79 Å². The zero-order valence-electron chi connectivity index (χ0n) is 10.8. The summed E-state index contributed by atoms with van der Waals surface area (Å²) in [5, 5.41) is 9.02. The summed E-state index contributed by atoms with van der Waals surface area (Å²) in [7, 11) is 3.49. The summed E-state index contributed by atoms with van der Waals surface area (Å²) in [6.07, 6.45) is 0. The number of ether oxygens (including phenoxy) is 1. The van der Waals surface area contributed by atoms with Crippen molar-refractivity contribution < 1.29 is 14.6 Å². The first kappa shape index (κ1) is 13.0. The van der Waals surface area contributed by atoms with Crippen molar-refractivity contribution in [3.63, 3.8) is 0 Å². The molecule has 0 spiro atoms. The van der Waals surface area contributed by atoms with Crippen molar-refractivity contribution in [2.24, 2.45) is 0 Å². The van der Waals surface area contributed by atoms with Crippen LogP contribution >= 0.6 is 0 Å². The van der Waals surface area contributed by atoms with Gasteiger partial charge in [0.25, 0.3) is 0 Å². The lowest BCUT2D eigenvalue weighted by Gasteiger charge is -2.22. The summed E-state index contributed by atoms with van der Waals surface area (Å²) in [6, 6.07) is 14.4. The van der Waals surface area contributed by atoms with Crippen LogP contribution in [0.3, 0.4) is 0 Å². The minimum atomic E-state index is -0.935. The van der Waals surface area contributed by atoms with Crippen molar-refractivity contribution in [2.75, 3.05) is 19.1 Å². The second kappa shape index (κ2) is 5.44. The highest BCUT2D eigenvalue weighted by Gasteiger charge is 2.11. The molecule has 4 heteroatoms. The number of nitrogens with zero attached hydrogens (tertiary/aromatic N) is 1. The first-order valence-electron chi connectivity index (χ1n) is 5.83. The predicted molar refractivity (Wildman–Crippen MR) is 74.5 cm³/mol. The molecule has 0 atom stereocenters. The van der Waals surface area contributed by atoms with E-state index in [9.17, 15) is 4.79 Å². The van der Waals surface area contributed by atoms with Crippen LogP contribution in [0.4, 0.5) is 11.4 Å². The van der Waals surface area contributed by atoms with Gasteiger partial charge in [-0.05, 0) is 30.3 Å². The maximum Gasteiger partial charge on any atom is 0.335 e. The van der Waals surface area contributed by atoms with Crippen LogP contribution in [-0.4, -0.2) is 25.2 Å². The normalized spacial score (nSPS) is 10.0. The van der Waals surface area contributed by atoms with Gasteiger partial charge >= 0.3 is 5.97 Å². The Kier molecular flexibility index (Phi) is 3.71. The molecule has 2 rings (SSSR count). The molecular weight excluding hydrogens is 242 g/mol. The summed E-state index contributed by atoms with van der Waals surface area (Å²) in [5.41, 5.74) is 1.94. The molecule has 0 aromatic heterocycles. The zero-order valence-corrected chi connectivity index (χ0v) is 10.8. The molecule has 0 radical (unpaired) electrons. The molecule has 0 aliphatic heterocycles. The minimum Gasteiger partial charge on any atom is -0.495 e. The Morgan fingerprint density at radius 2 is 1.89 bits per heavy atom. The number of hydrogen-bond acceptors (Lipinski definition) is 3. The van der Waals surface area contributed by atoms with Gasteiger partial charge in [0.2, 0.25) is 0 Å². The van der Waals surface area contributed by atoms with E-state index in [1.54, 1.807) is 25.3 Å². The third-order valence-corrected chi connectivity index (χ3v) is 2.93. The first-order valence-corrected chi connectivity index (χ1v) is 5.83. The van der Waals surface area contributed by atoms with Crippen molar-refractivity contribution in [1.29, 1.82) is 0 Å². The van der Waals surface area contributed by atoms with Crippen LogP contribution in [0.2, 0.25) is 0 Å². The Balaban J connectivity index is 2.41. The Hall–Kier alpha value is -2.49. The van der Waals surface area contributed by atoms with E-state index < -0.39 is 5.97 Å². The summed E-state index contributed by atoms with van der Waals surface area (Å²) in [5.74, 6) is -0.194. The highest BCUT2D eigenvalue weighted by Crippen LogP contribution is 2.32. The lowest BCUT2D eigenvalue weighted by Crippen LogP contribution is -2.11. The van der Waals surface area contributed by atoms with Crippen LogP contribution in [0.5, 0.6) is 5.75 Å². The van der Waals surface area contributed by atoms with Crippen LogP contribution in [0, 0.1) is 0 Å². The number of benzene rings is 2. The molecule has 2 aromatic rings. The van der Waals surface area contributed by atoms with Gasteiger partial charge in [-0.3, -0.25) is 0 Å². The molecule has 0 saturated heterocycles. The summed E-state index contributed by atoms with van der Waals surface area (Å²) < 4.78 is 5.31. The molecule has 4 nitrogen and oxygen atoms in total. The Morgan fingerprint density at radius 3 is 2.58 bits per heavy atom. The van der Waals surface area contributed by atoms with Gasteiger partial charge in [0.1, 0.15) is 5.75 Å². The Morgan fingerprint density at radius 1 is 1.16 bits per heavy atom. The monoisotopic (exact) mass is 257 g/mol. The van der Waals surface area contributed by atoms with E-state index in [0.717, 1.165) is 17.1 Å². The molecule has 0 fully saturated rings. The number of aromatic carboxylic acids is 1. The fraction of sp³-hybridized carbons (Fsp3) is 0.133. The first-order chi connectivity index (χ1) is 9.13. The molecular formula is C15H15NO3. The minimum absolute atomic E-state index is 0.263. The van der Waals surface area contributed by atoms with E-state index in [0.29, 0.717) is 0 Å². The van der Waals surface area contributed by atoms with Crippen molar-refractivity contribution in [1.82, 2.24) is 0 Å². The van der Waals surface area contributed by atoms with Gasteiger partial charge in [-0.2, -0.15) is 0 Å². The number of carboxylic acids is 1. The second-order valence-electron chi connectivity index (χ2n) is 4.09. The highest BCUT2D eigenvalue weighted by molar-refractivity contribution is 5.89. The van der Waals surface area contributed by atoms with Gasteiger partial charge < -0.3 is 14.7 Å². The van der Waals surface area contributed by atoms with Crippen molar-refractivity contribution in [3.05, 3.63) is 54.1 Å². The topological polar surface area (TPSA) is 49.8 Å². The zero-order chi connectivity index (χ0) is 13.8. The van der Waals surface area contributed by atoms with Gasteiger partial charge in [-0.15, -0.1) is 0 Å². The number of methoxy groups -OCH3 is 1. The van der Waals surface area contributed by atoms with Crippen LogP contribution in [0.15, 0.2) is 48.5 Å². The van der Waals surface area contributed by atoms with Crippen molar-refractivity contribution in [3.8, 4) is 5.75 Å². The fourth-order valence-corrected chi connectivity index (χ4v) is 1.89. The maximum atomic E-state index is 11.0. The number of rotatable bonds is 4. The molecule has 1 N–H and O–H groups in total. The molecule has 0 saturated carbocycles. The molecule has 0 amide bonds. The second-order valence-corrected chi connectivity index (χ2v) is 4.09. The standard InChI is InChI=1S/C15H15NO3/c1-16(13-8-3-4-9-14(13)19-2)12-7-5-6-11(10-12)15(17)18/h3-10H,1-2H3,(H,17,18). The SMILES string of the molecule is COc1ccccc1N(C)c1cccc(C(=O)O)c1. The fourth-order valence-electron chi connectivity index (χ4n) is 1.89. The Labute approximate surface area is 111 Å². The smallest absolute Gasteiger partial charge is 0.335 e. The molecule has 98 valence electrons. The molecule has 0 heterocycles. The maximum absolute atomic E-state index is 11.0. The van der Waals surface area contributed by atoms with E-state index >= 15 is 0 Å². The summed E-state index contributed by atoms with van der Waals surface area (Å²) >= 11 is 0. The quantitative estimate of drug-likeness (QED) is 0.914. The van der Waals surface area contributed by atoms with Crippen LogP contribution in [0.1, 0.15) is 10.4 Å². The number of anilines is 2. The largest absolute Gasteiger partial charge is 0.495 e. The van der Waals surface area contributed by atoms with Crippen LogP contribution < -0.4 is 9.64 Å². The third kappa shape index (κ3) is 2.68.